The maximum Gasteiger partial charge on any atom is 0.252 e. The number of rotatable bonds is 2. The van der Waals surface area contributed by atoms with Crippen molar-refractivity contribution in [1.29, 1.82) is 0 Å². The SMILES string of the molecule is CN(C)C(=O)C1=C2Sc3ccccc3N2C(=O)C[C@H]1c1cccc(Br)c1. The number of likely N-dealkylation sites (N-methyl/N-ethyl adjacent to an activating group) is 1. The molecule has 132 valence electrons. The van der Waals surface area contributed by atoms with Crippen molar-refractivity contribution < 1.29 is 9.59 Å². The molecule has 2 aliphatic heterocycles. The summed E-state index contributed by atoms with van der Waals surface area (Å²) in [6, 6.07) is 15.7. The lowest BCUT2D eigenvalue weighted by atomic mass is 9.85. The Bertz CT molecular complexity index is 954. The number of halogens is 1. The fraction of sp³-hybridized carbons (Fsp3) is 0.200. The molecule has 0 radical (unpaired) electrons. The van der Waals surface area contributed by atoms with Crippen LogP contribution in [-0.4, -0.2) is 30.8 Å². The molecule has 0 saturated carbocycles. The largest absolute Gasteiger partial charge is 0.345 e. The topological polar surface area (TPSA) is 40.6 Å². The van der Waals surface area contributed by atoms with Gasteiger partial charge in [-0.2, -0.15) is 0 Å². The van der Waals surface area contributed by atoms with Crippen LogP contribution in [0.15, 0.2) is 68.5 Å². The standard InChI is InChI=1S/C20H17BrN2O2S/c1-22(2)19(25)18-14(12-6-5-7-13(21)10-12)11-17(24)23-15-8-3-4-9-16(15)26-20(18)23/h3-10,14H,11H2,1-2H3/t14-/m0/s1. The lowest BCUT2D eigenvalue weighted by Crippen LogP contribution is -2.39. The van der Waals surface area contributed by atoms with E-state index >= 15 is 0 Å². The molecule has 2 aliphatic rings. The normalized spacial score (nSPS) is 18.7. The number of para-hydroxylation sites is 1. The fourth-order valence-corrected chi connectivity index (χ4v) is 5.08. The predicted octanol–water partition coefficient (Wildman–Crippen LogP) is 4.38. The molecule has 26 heavy (non-hydrogen) atoms. The molecule has 0 unspecified atom stereocenters. The van der Waals surface area contributed by atoms with Crippen molar-refractivity contribution in [3.8, 4) is 0 Å². The minimum absolute atomic E-state index is 0.0257. The van der Waals surface area contributed by atoms with Gasteiger partial charge in [-0.1, -0.05) is 52.0 Å². The van der Waals surface area contributed by atoms with Crippen LogP contribution >= 0.6 is 27.7 Å². The first-order valence-corrected chi connectivity index (χ1v) is 9.89. The van der Waals surface area contributed by atoms with E-state index in [0.29, 0.717) is 5.57 Å². The molecular formula is C20H17BrN2O2S. The van der Waals surface area contributed by atoms with Crippen molar-refractivity contribution in [2.75, 3.05) is 19.0 Å². The van der Waals surface area contributed by atoms with Crippen molar-refractivity contribution in [2.24, 2.45) is 0 Å². The molecule has 0 spiro atoms. The Morgan fingerprint density at radius 1 is 1.19 bits per heavy atom. The fourth-order valence-electron chi connectivity index (χ4n) is 3.42. The Kier molecular flexibility index (Phi) is 4.40. The lowest BCUT2D eigenvalue weighted by molar-refractivity contribution is -0.125. The Labute approximate surface area is 165 Å². The van der Waals surface area contributed by atoms with Crippen LogP contribution in [0.2, 0.25) is 0 Å². The summed E-state index contributed by atoms with van der Waals surface area (Å²) in [5.74, 6) is -0.275. The zero-order valence-electron chi connectivity index (χ0n) is 14.4. The van der Waals surface area contributed by atoms with E-state index in [-0.39, 0.29) is 24.2 Å². The second-order valence-electron chi connectivity index (χ2n) is 6.53. The van der Waals surface area contributed by atoms with Gasteiger partial charge in [0, 0.05) is 35.8 Å². The van der Waals surface area contributed by atoms with Gasteiger partial charge in [0.05, 0.1) is 16.3 Å². The van der Waals surface area contributed by atoms with Crippen molar-refractivity contribution in [2.45, 2.75) is 17.2 Å². The molecule has 2 amide bonds. The molecule has 6 heteroatoms. The first kappa shape index (κ1) is 17.4. The number of carbonyl (C=O) groups excluding carboxylic acids is 2. The Morgan fingerprint density at radius 3 is 2.69 bits per heavy atom. The number of carbonyl (C=O) groups is 2. The summed E-state index contributed by atoms with van der Waals surface area (Å²) in [4.78, 5) is 30.4. The van der Waals surface area contributed by atoms with Crippen molar-refractivity contribution in [3.05, 3.63) is 69.2 Å². The number of thioether (sulfide) groups is 1. The number of hydrogen-bond acceptors (Lipinski definition) is 3. The average molecular weight is 429 g/mol. The highest BCUT2D eigenvalue weighted by atomic mass is 79.9. The maximum absolute atomic E-state index is 13.1. The van der Waals surface area contributed by atoms with Gasteiger partial charge in [-0.25, -0.2) is 0 Å². The zero-order chi connectivity index (χ0) is 18.4. The zero-order valence-corrected chi connectivity index (χ0v) is 16.8. The molecule has 4 rings (SSSR count). The number of fused-ring (bicyclic) bond motifs is 3. The minimum atomic E-state index is -0.247. The molecule has 2 aromatic rings. The van der Waals surface area contributed by atoms with Gasteiger partial charge in [0.25, 0.3) is 5.91 Å². The summed E-state index contributed by atoms with van der Waals surface area (Å²) in [6.07, 6.45) is 0.282. The van der Waals surface area contributed by atoms with Gasteiger partial charge in [0.15, 0.2) is 0 Å². The Hall–Kier alpha value is -2.05. The monoisotopic (exact) mass is 428 g/mol. The van der Waals surface area contributed by atoms with Gasteiger partial charge in [-0.3, -0.25) is 14.5 Å². The van der Waals surface area contributed by atoms with Gasteiger partial charge in [-0.15, -0.1) is 0 Å². The van der Waals surface area contributed by atoms with Gasteiger partial charge in [-0.05, 0) is 29.8 Å². The minimum Gasteiger partial charge on any atom is -0.345 e. The molecule has 0 aliphatic carbocycles. The summed E-state index contributed by atoms with van der Waals surface area (Å²) in [5.41, 5.74) is 2.53. The quantitative estimate of drug-likeness (QED) is 0.712. The number of benzene rings is 2. The highest BCUT2D eigenvalue weighted by Gasteiger charge is 2.43. The Balaban J connectivity index is 1.92. The van der Waals surface area contributed by atoms with Crippen LogP contribution in [0.3, 0.4) is 0 Å². The first-order valence-electron chi connectivity index (χ1n) is 8.28. The van der Waals surface area contributed by atoms with Crippen LogP contribution in [-0.2, 0) is 9.59 Å². The van der Waals surface area contributed by atoms with Gasteiger partial charge < -0.3 is 4.90 Å². The first-order chi connectivity index (χ1) is 12.5. The van der Waals surface area contributed by atoms with E-state index in [1.54, 1.807) is 23.9 Å². The third-order valence-corrected chi connectivity index (χ3v) is 6.26. The molecule has 0 bridgehead atoms. The molecule has 2 heterocycles. The second-order valence-corrected chi connectivity index (χ2v) is 8.48. The van der Waals surface area contributed by atoms with E-state index in [1.165, 1.54) is 11.8 Å². The van der Waals surface area contributed by atoms with Crippen molar-refractivity contribution in [3.63, 3.8) is 0 Å². The van der Waals surface area contributed by atoms with Crippen molar-refractivity contribution >= 4 is 45.2 Å². The van der Waals surface area contributed by atoms with E-state index in [0.717, 1.165) is 25.6 Å². The van der Waals surface area contributed by atoms with E-state index in [9.17, 15) is 9.59 Å². The Morgan fingerprint density at radius 2 is 1.96 bits per heavy atom. The third-order valence-electron chi connectivity index (χ3n) is 4.61. The van der Waals surface area contributed by atoms with Crippen molar-refractivity contribution in [1.82, 2.24) is 4.90 Å². The van der Waals surface area contributed by atoms with Crippen LogP contribution < -0.4 is 4.90 Å². The molecular weight excluding hydrogens is 412 g/mol. The third kappa shape index (κ3) is 2.77. The van der Waals surface area contributed by atoms with E-state index in [2.05, 4.69) is 15.9 Å². The summed E-state index contributed by atoms with van der Waals surface area (Å²) < 4.78 is 0.939. The molecule has 0 N–H and O–H groups in total. The highest BCUT2D eigenvalue weighted by molar-refractivity contribution is 9.10. The average Bonchev–Trinajstić information content (AvgIpc) is 3.00. The summed E-state index contributed by atoms with van der Waals surface area (Å²) in [7, 11) is 3.50. The van der Waals surface area contributed by atoms with Crippen LogP contribution in [0, 0.1) is 0 Å². The van der Waals surface area contributed by atoms with Gasteiger partial charge in [0.2, 0.25) is 5.91 Å². The molecule has 0 aromatic heterocycles. The molecule has 0 saturated heterocycles. The molecule has 2 aromatic carbocycles. The van der Waals surface area contributed by atoms with Crippen LogP contribution in [0.4, 0.5) is 5.69 Å². The van der Waals surface area contributed by atoms with Crippen LogP contribution in [0.25, 0.3) is 0 Å². The highest BCUT2D eigenvalue weighted by Crippen LogP contribution is 2.52. The predicted molar refractivity (Wildman–Crippen MR) is 107 cm³/mol. The molecule has 1 atom stereocenters. The number of amides is 2. The van der Waals surface area contributed by atoms with E-state index in [4.69, 9.17) is 0 Å². The van der Waals surface area contributed by atoms with E-state index in [1.807, 2.05) is 48.5 Å². The van der Waals surface area contributed by atoms with E-state index < -0.39 is 0 Å². The number of anilines is 1. The van der Waals surface area contributed by atoms with Crippen LogP contribution in [0.5, 0.6) is 0 Å². The maximum atomic E-state index is 13.1. The summed E-state index contributed by atoms with van der Waals surface area (Å²) in [6.45, 7) is 0. The number of nitrogens with zero attached hydrogens (tertiary/aromatic N) is 2. The second kappa shape index (κ2) is 6.59. The summed E-state index contributed by atoms with van der Waals surface area (Å²) in [5, 5.41) is 0.742. The summed E-state index contributed by atoms with van der Waals surface area (Å²) >= 11 is 5.00. The van der Waals surface area contributed by atoms with Gasteiger partial charge >= 0.3 is 0 Å². The van der Waals surface area contributed by atoms with Gasteiger partial charge in [0.1, 0.15) is 0 Å². The molecule has 0 fully saturated rings. The molecule has 4 nitrogen and oxygen atoms in total. The lowest BCUT2D eigenvalue weighted by Gasteiger charge is -2.33. The smallest absolute Gasteiger partial charge is 0.252 e. The van der Waals surface area contributed by atoms with Crippen LogP contribution in [0.1, 0.15) is 17.9 Å². The number of hydrogen-bond donors (Lipinski definition) is 0.